The summed E-state index contributed by atoms with van der Waals surface area (Å²) in [6.07, 6.45) is 3.46. The molecule has 0 bridgehead atoms. The van der Waals surface area contributed by atoms with E-state index in [4.69, 9.17) is 0 Å². The minimum atomic E-state index is -0.394. The van der Waals surface area contributed by atoms with Gasteiger partial charge in [0.05, 0.1) is 9.40 Å². The molecule has 1 N–H and O–H groups in total. The van der Waals surface area contributed by atoms with Crippen molar-refractivity contribution in [3.05, 3.63) is 32.8 Å². The first-order valence-electron chi connectivity index (χ1n) is 5.75. The number of unbranched alkanes of at least 4 members (excludes halogenated alkanes) is 1. The van der Waals surface area contributed by atoms with Gasteiger partial charge in [0.1, 0.15) is 0 Å². The number of benzene rings is 1. The maximum absolute atomic E-state index is 10.7. The summed E-state index contributed by atoms with van der Waals surface area (Å²) in [7, 11) is 0. The van der Waals surface area contributed by atoms with Gasteiger partial charge in [-0.05, 0) is 41.4 Å². The zero-order valence-electron chi connectivity index (χ0n) is 10.1. The molecule has 1 atom stereocenters. The second-order valence-electron chi connectivity index (χ2n) is 4.11. The first kappa shape index (κ1) is 14.0. The van der Waals surface area contributed by atoms with Crippen LogP contribution in [0.4, 0.5) is 11.4 Å². The summed E-state index contributed by atoms with van der Waals surface area (Å²) in [5.74, 6) is 0. The maximum atomic E-state index is 10.7. The number of anilines is 1. The van der Waals surface area contributed by atoms with E-state index in [1.807, 2.05) is 0 Å². The van der Waals surface area contributed by atoms with Crippen LogP contribution < -0.4 is 5.32 Å². The number of halogens is 1. The van der Waals surface area contributed by atoms with Crippen molar-refractivity contribution >= 4 is 27.3 Å². The lowest BCUT2D eigenvalue weighted by Gasteiger charge is -2.14. The van der Waals surface area contributed by atoms with Crippen LogP contribution in [0.1, 0.15) is 33.1 Å². The third kappa shape index (κ3) is 4.34. The molecule has 0 saturated heterocycles. The van der Waals surface area contributed by atoms with Gasteiger partial charge >= 0.3 is 0 Å². The van der Waals surface area contributed by atoms with Gasteiger partial charge in [-0.2, -0.15) is 0 Å². The molecule has 0 heterocycles. The molecule has 0 saturated carbocycles. The summed E-state index contributed by atoms with van der Waals surface area (Å²) in [5.41, 5.74) is 1.00. The highest BCUT2D eigenvalue weighted by atomic mass is 79.9. The van der Waals surface area contributed by atoms with E-state index in [9.17, 15) is 10.1 Å². The van der Waals surface area contributed by atoms with Gasteiger partial charge in [-0.15, -0.1) is 0 Å². The van der Waals surface area contributed by atoms with Crippen LogP contribution in [0.2, 0.25) is 0 Å². The van der Waals surface area contributed by atoms with Crippen LogP contribution >= 0.6 is 15.9 Å². The zero-order valence-corrected chi connectivity index (χ0v) is 11.7. The van der Waals surface area contributed by atoms with Gasteiger partial charge in [0.2, 0.25) is 0 Å². The summed E-state index contributed by atoms with van der Waals surface area (Å²) >= 11 is 3.21. The van der Waals surface area contributed by atoms with E-state index in [2.05, 4.69) is 35.1 Å². The lowest BCUT2D eigenvalue weighted by molar-refractivity contribution is -0.385. The number of rotatable bonds is 6. The number of hydrogen-bond acceptors (Lipinski definition) is 3. The molecule has 5 heteroatoms. The van der Waals surface area contributed by atoms with Crippen molar-refractivity contribution in [1.29, 1.82) is 0 Å². The zero-order chi connectivity index (χ0) is 12.8. The number of nitrogens with zero attached hydrogens (tertiary/aromatic N) is 1. The van der Waals surface area contributed by atoms with Crippen LogP contribution in [0.15, 0.2) is 22.7 Å². The second-order valence-corrected chi connectivity index (χ2v) is 4.97. The molecule has 0 spiro atoms. The molecule has 0 aliphatic heterocycles. The second kappa shape index (κ2) is 6.59. The van der Waals surface area contributed by atoms with Crippen molar-refractivity contribution < 1.29 is 4.92 Å². The van der Waals surface area contributed by atoms with Gasteiger partial charge < -0.3 is 5.32 Å². The number of hydrogen-bond donors (Lipinski definition) is 1. The number of nitrogens with one attached hydrogen (secondary N) is 1. The van der Waals surface area contributed by atoms with Crippen molar-refractivity contribution in [1.82, 2.24) is 0 Å². The van der Waals surface area contributed by atoms with Crippen LogP contribution in [-0.4, -0.2) is 11.0 Å². The Kier molecular flexibility index (Phi) is 5.41. The van der Waals surface area contributed by atoms with Gasteiger partial charge in [0.15, 0.2) is 0 Å². The molecular weight excluding hydrogens is 284 g/mol. The summed E-state index contributed by atoms with van der Waals surface area (Å²) in [4.78, 5) is 10.3. The molecule has 17 heavy (non-hydrogen) atoms. The van der Waals surface area contributed by atoms with E-state index in [1.54, 1.807) is 12.1 Å². The Morgan fingerprint density at radius 1 is 1.53 bits per heavy atom. The summed E-state index contributed by atoms with van der Waals surface area (Å²) in [6.45, 7) is 4.28. The lowest BCUT2D eigenvalue weighted by Crippen LogP contribution is -2.14. The third-order valence-corrected chi connectivity index (χ3v) is 3.18. The molecule has 0 radical (unpaired) electrons. The highest BCUT2D eigenvalue weighted by Gasteiger charge is 2.12. The molecule has 0 aliphatic rings. The van der Waals surface area contributed by atoms with E-state index in [-0.39, 0.29) is 5.69 Å². The average Bonchev–Trinajstić information content (AvgIpc) is 2.26. The number of nitro benzene ring substituents is 1. The van der Waals surface area contributed by atoms with Crippen molar-refractivity contribution in [2.75, 3.05) is 5.32 Å². The van der Waals surface area contributed by atoms with Gasteiger partial charge in [-0.3, -0.25) is 10.1 Å². The Bertz CT molecular complexity index is 396. The fourth-order valence-electron chi connectivity index (χ4n) is 1.61. The van der Waals surface area contributed by atoms with Gasteiger partial charge in [-0.1, -0.05) is 19.8 Å². The molecule has 0 fully saturated rings. The Labute approximate surface area is 110 Å². The van der Waals surface area contributed by atoms with E-state index in [0.717, 1.165) is 12.1 Å². The molecule has 1 unspecified atom stereocenters. The summed E-state index contributed by atoms with van der Waals surface area (Å²) < 4.78 is 0.509. The van der Waals surface area contributed by atoms with Crippen LogP contribution in [0.25, 0.3) is 0 Å². The van der Waals surface area contributed by atoms with Crippen molar-refractivity contribution in [2.45, 2.75) is 39.2 Å². The quantitative estimate of drug-likeness (QED) is 0.628. The van der Waals surface area contributed by atoms with Gasteiger partial charge in [0.25, 0.3) is 5.69 Å². The Morgan fingerprint density at radius 3 is 2.76 bits per heavy atom. The van der Waals surface area contributed by atoms with E-state index < -0.39 is 4.92 Å². The highest BCUT2D eigenvalue weighted by molar-refractivity contribution is 9.10. The average molecular weight is 301 g/mol. The van der Waals surface area contributed by atoms with Crippen LogP contribution in [0.5, 0.6) is 0 Å². The monoisotopic (exact) mass is 300 g/mol. The first-order chi connectivity index (χ1) is 8.04. The molecule has 0 aliphatic carbocycles. The van der Waals surface area contributed by atoms with Gasteiger partial charge in [0, 0.05) is 17.8 Å². The highest BCUT2D eigenvalue weighted by Crippen LogP contribution is 2.28. The van der Waals surface area contributed by atoms with E-state index >= 15 is 0 Å². The summed E-state index contributed by atoms with van der Waals surface area (Å²) in [6, 6.07) is 5.38. The minimum absolute atomic E-state index is 0.0942. The third-order valence-electron chi connectivity index (χ3n) is 2.55. The summed E-state index contributed by atoms with van der Waals surface area (Å²) in [5, 5.41) is 14.0. The Morgan fingerprint density at radius 2 is 2.24 bits per heavy atom. The van der Waals surface area contributed by atoms with Crippen LogP contribution in [0, 0.1) is 10.1 Å². The van der Waals surface area contributed by atoms with E-state index in [1.165, 1.54) is 18.9 Å². The SMILES string of the molecule is CCCCC(C)Nc1ccc([N+](=O)[O-])c(Br)c1. The van der Waals surface area contributed by atoms with Crippen LogP contribution in [-0.2, 0) is 0 Å². The standard InChI is InChI=1S/C12H17BrN2O2/c1-3-4-5-9(2)14-10-6-7-12(15(16)17)11(13)8-10/h6-9,14H,3-5H2,1-2H3. The van der Waals surface area contributed by atoms with Crippen LogP contribution in [0.3, 0.4) is 0 Å². The Balaban J connectivity index is 2.67. The predicted octanol–water partition coefficient (Wildman–Crippen LogP) is 4.35. The largest absolute Gasteiger partial charge is 0.383 e. The fourth-order valence-corrected chi connectivity index (χ4v) is 2.14. The smallest absolute Gasteiger partial charge is 0.283 e. The maximum Gasteiger partial charge on any atom is 0.283 e. The topological polar surface area (TPSA) is 55.2 Å². The molecule has 94 valence electrons. The Hall–Kier alpha value is -1.10. The first-order valence-corrected chi connectivity index (χ1v) is 6.54. The fraction of sp³-hybridized carbons (Fsp3) is 0.500. The van der Waals surface area contributed by atoms with Crippen molar-refractivity contribution in [2.24, 2.45) is 0 Å². The molecule has 0 aromatic heterocycles. The van der Waals surface area contributed by atoms with Crippen molar-refractivity contribution in [3.63, 3.8) is 0 Å². The molecule has 1 aromatic carbocycles. The van der Waals surface area contributed by atoms with E-state index in [0.29, 0.717) is 10.5 Å². The molecular formula is C12H17BrN2O2. The number of nitro groups is 1. The normalized spacial score (nSPS) is 12.2. The molecule has 4 nitrogen and oxygen atoms in total. The molecule has 0 amide bonds. The van der Waals surface area contributed by atoms with Gasteiger partial charge in [-0.25, -0.2) is 0 Å². The minimum Gasteiger partial charge on any atom is -0.383 e. The molecule has 1 rings (SSSR count). The predicted molar refractivity (Wildman–Crippen MR) is 73.4 cm³/mol. The molecule has 1 aromatic rings. The lowest BCUT2D eigenvalue weighted by atomic mass is 10.1. The van der Waals surface area contributed by atoms with Crippen molar-refractivity contribution in [3.8, 4) is 0 Å².